The molecule has 0 unspecified atom stereocenters. The molecule has 1 aromatic carbocycles. The summed E-state index contributed by atoms with van der Waals surface area (Å²) in [5.41, 5.74) is 6.18. The third-order valence-electron chi connectivity index (χ3n) is 2.04. The fourth-order valence-electron chi connectivity index (χ4n) is 1.19. The van der Waals surface area contributed by atoms with Gasteiger partial charge in [-0.05, 0) is 40.0 Å². The lowest BCUT2D eigenvalue weighted by Gasteiger charge is -2.10. The van der Waals surface area contributed by atoms with Gasteiger partial charge in [-0.1, -0.05) is 13.3 Å². The number of halogens is 3. The lowest BCUT2D eigenvalue weighted by Crippen LogP contribution is -2.02. The fourth-order valence-corrected chi connectivity index (χ4v) is 1.78. The molecule has 0 aliphatic carbocycles. The van der Waals surface area contributed by atoms with E-state index in [0.29, 0.717) is 17.6 Å². The highest BCUT2D eigenvalue weighted by Gasteiger charge is 2.09. The molecular formula is C11H16BrClFNO. The van der Waals surface area contributed by atoms with E-state index in [0.717, 1.165) is 18.4 Å². The molecule has 5 heteroatoms. The van der Waals surface area contributed by atoms with Crippen molar-refractivity contribution >= 4 is 28.3 Å². The van der Waals surface area contributed by atoms with Gasteiger partial charge in [0.25, 0.3) is 0 Å². The van der Waals surface area contributed by atoms with Crippen LogP contribution in [0.15, 0.2) is 16.6 Å². The molecule has 1 aromatic rings. The molecule has 0 aliphatic heterocycles. The lowest BCUT2D eigenvalue weighted by molar-refractivity contribution is 0.292. The summed E-state index contributed by atoms with van der Waals surface area (Å²) < 4.78 is 19.5. The number of unbranched alkanes of at least 4 members (excludes halogenated alkanes) is 1. The Morgan fingerprint density at radius 2 is 2.12 bits per heavy atom. The van der Waals surface area contributed by atoms with Crippen molar-refractivity contribution in [3.05, 3.63) is 28.0 Å². The van der Waals surface area contributed by atoms with E-state index in [1.807, 2.05) is 0 Å². The highest BCUT2D eigenvalue weighted by molar-refractivity contribution is 9.10. The molecule has 16 heavy (non-hydrogen) atoms. The molecular weight excluding hydrogens is 296 g/mol. The zero-order valence-corrected chi connectivity index (χ0v) is 11.5. The predicted molar refractivity (Wildman–Crippen MR) is 69.6 cm³/mol. The van der Waals surface area contributed by atoms with Gasteiger partial charge in [0.1, 0.15) is 0 Å². The van der Waals surface area contributed by atoms with Crippen molar-refractivity contribution in [2.75, 3.05) is 6.61 Å². The predicted octanol–water partition coefficient (Wildman–Crippen LogP) is 3.65. The second kappa shape index (κ2) is 7.87. The van der Waals surface area contributed by atoms with Crippen LogP contribution in [0.2, 0.25) is 0 Å². The molecule has 0 bridgehead atoms. The van der Waals surface area contributed by atoms with Crippen LogP contribution in [0, 0.1) is 5.82 Å². The molecule has 0 aromatic heterocycles. The molecule has 0 amide bonds. The summed E-state index contributed by atoms with van der Waals surface area (Å²) in [6.45, 7) is 2.92. The van der Waals surface area contributed by atoms with Crippen molar-refractivity contribution < 1.29 is 9.13 Å². The SMILES string of the molecule is CCCCOc1c(F)cc(CN)cc1Br.Cl. The first-order chi connectivity index (χ1) is 7.19. The molecule has 0 saturated carbocycles. The molecule has 0 radical (unpaired) electrons. The summed E-state index contributed by atoms with van der Waals surface area (Å²) >= 11 is 3.27. The Morgan fingerprint density at radius 3 is 2.62 bits per heavy atom. The number of nitrogens with two attached hydrogens (primary N) is 1. The van der Waals surface area contributed by atoms with Crippen molar-refractivity contribution in [3.63, 3.8) is 0 Å². The second-order valence-corrected chi connectivity index (χ2v) is 4.15. The van der Waals surface area contributed by atoms with Crippen LogP contribution in [0.3, 0.4) is 0 Å². The van der Waals surface area contributed by atoms with Crippen LogP contribution in [-0.4, -0.2) is 6.61 Å². The van der Waals surface area contributed by atoms with Crippen molar-refractivity contribution in [1.82, 2.24) is 0 Å². The van der Waals surface area contributed by atoms with Gasteiger partial charge in [0, 0.05) is 6.54 Å². The average Bonchev–Trinajstić information content (AvgIpc) is 2.22. The van der Waals surface area contributed by atoms with Crippen LogP contribution in [0.1, 0.15) is 25.3 Å². The van der Waals surface area contributed by atoms with Gasteiger partial charge in [-0.25, -0.2) is 4.39 Å². The standard InChI is InChI=1S/C11H15BrFNO.ClH/c1-2-3-4-15-11-9(12)5-8(7-14)6-10(11)13;/h5-6H,2-4,7,14H2,1H3;1H. The summed E-state index contributed by atoms with van der Waals surface area (Å²) in [6.07, 6.45) is 1.95. The lowest BCUT2D eigenvalue weighted by atomic mass is 10.2. The largest absolute Gasteiger partial charge is 0.489 e. The Kier molecular flexibility index (Phi) is 7.72. The average molecular weight is 313 g/mol. The Labute approximate surface area is 110 Å². The first kappa shape index (κ1) is 15.7. The highest BCUT2D eigenvalue weighted by Crippen LogP contribution is 2.29. The number of hydrogen-bond donors (Lipinski definition) is 1. The molecule has 1 rings (SSSR count). The topological polar surface area (TPSA) is 35.2 Å². The van der Waals surface area contributed by atoms with E-state index < -0.39 is 0 Å². The zero-order chi connectivity index (χ0) is 11.3. The fraction of sp³-hybridized carbons (Fsp3) is 0.455. The van der Waals surface area contributed by atoms with Crippen LogP contribution >= 0.6 is 28.3 Å². The van der Waals surface area contributed by atoms with Crippen LogP contribution < -0.4 is 10.5 Å². The quantitative estimate of drug-likeness (QED) is 0.842. The first-order valence-electron chi connectivity index (χ1n) is 4.99. The van der Waals surface area contributed by atoms with Crippen molar-refractivity contribution in [3.8, 4) is 5.75 Å². The van der Waals surface area contributed by atoms with E-state index in [4.69, 9.17) is 10.5 Å². The summed E-state index contributed by atoms with van der Waals surface area (Å²) in [7, 11) is 0. The molecule has 0 saturated heterocycles. The second-order valence-electron chi connectivity index (χ2n) is 3.29. The van der Waals surface area contributed by atoms with E-state index in [1.165, 1.54) is 6.07 Å². The van der Waals surface area contributed by atoms with E-state index in [9.17, 15) is 4.39 Å². The van der Waals surface area contributed by atoms with Crippen molar-refractivity contribution in [1.29, 1.82) is 0 Å². The van der Waals surface area contributed by atoms with Crippen molar-refractivity contribution in [2.45, 2.75) is 26.3 Å². The van der Waals surface area contributed by atoms with Crippen LogP contribution in [-0.2, 0) is 6.54 Å². The molecule has 2 nitrogen and oxygen atoms in total. The van der Waals surface area contributed by atoms with Gasteiger partial charge in [-0.15, -0.1) is 12.4 Å². The molecule has 2 N–H and O–H groups in total. The molecule has 0 atom stereocenters. The minimum Gasteiger partial charge on any atom is -0.489 e. The van der Waals surface area contributed by atoms with Gasteiger partial charge >= 0.3 is 0 Å². The summed E-state index contributed by atoms with van der Waals surface area (Å²) in [4.78, 5) is 0. The number of rotatable bonds is 5. The normalized spacial score (nSPS) is 9.75. The van der Waals surface area contributed by atoms with Gasteiger partial charge in [0.2, 0.25) is 0 Å². The molecule has 92 valence electrons. The maximum absolute atomic E-state index is 13.5. The maximum Gasteiger partial charge on any atom is 0.169 e. The number of benzene rings is 1. The van der Waals surface area contributed by atoms with E-state index in [1.54, 1.807) is 6.07 Å². The highest BCUT2D eigenvalue weighted by atomic mass is 79.9. The molecule has 0 spiro atoms. The summed E-state index contributed by atoms with van der Waals surface area (Å²) in [5, 5.41) is 0. The number of ether oxygens (including phenoxy) is 1. The maximum atomic E-state index is 13.5. The molecule has 0 aliphatic rings. The van der Waals surface area contributed by atoms with Crippen LogP contribution in [0.25, 0.3) is 0 Å². The number of hydrogen-bond acceptors (Lipinski definition) is 2. The smallest absolute Gasteiger partial charge is 0.169 e. The Morgan fingerprint density at radius 1 is 1.44 bits per heavy atom. The van der Waals surface area contributed by atoms with Crippen LogP contribution in [0.4, 0.5) is 4.39 Å². The third kappa shape index (κ3) is 4.28. The van der Waals surface area contributed by atoms with E-state index in [-0.39, 0.29) is 24.0 Å². The summed E-state index contributed by atoms with van der Waals surface area (Å²) in [6, 6.07) is 3.19. The van der Waals surface area contributed by atoms with Gasteiger partial charge in [-0.2, -0.15) is 0 Å². The Hall–Kier alpha value is -0.320. The van der Waals surface area contributed by atoms with E-state index >= 15 is 0 Å². The monoisotopic (exact) mass is 311 g/mol. The van der Waals surface area contributed by atoms with Crippen LogP contribution in [0.5, 0.6) is 5.75 Å². The van der Waals surface area contributed by atoms with Crippen molar-refractivity contribution in [2.24, 2.45) is 5.73 Å². The van der Waals surface area contributed by atoms with E-state index in [2.05, 4.69) is 22.9 Å². The zero-order valence-electron chi connectivity index (χ0n) is 9.13. The van der Waals surface area contributed by atoms with Gasteiger partial charge in [0.15, 0.2) is 11.6 Å². The minimum absolute atomic E-state index is 0. The van der Waals surface area contributed by atoms with Gasteiger partial charge in [-0.3, -0.25) is 0 Å². The molecule has 0 fully saturated rings. The van der Waals surface area contributed by atoms with Gasteiger partial charge < -0.3 is 10.5 Å². The van der Waals surface area contributed by atoms with Gasteiger partial charge in [0.05, 0.1) is 11.1 Å². The Bertz CT molecular complexity index is 313. The Balaban J connectivity index is 0.00000225. The molecule has 0 heterocycles. The minimum atomic E-state index is -0.360. The summed E-state index contributed by atoms with van der Waals surface area (Å²) in [5.74, 6) is -0.0819. The third-order valence-corrected chi connectivity index (χ3v) is 2.63. The first-order valence-corrected chi connectivity index (χ1v) is 5.79.